The first-order valence-corrected chi connectivity index (χ1v) is 8.09. The molecule has 24 heavy (non-hydrogen) atoms. The third kappa shape index (κ3) is 4.24. The maximum absolute atomic E-state index is 13.1. The Hall–Kier alpha value is -2.11. The molecule has 0 aliphatic carbocycles. The third-order valence-electron chi connectivity index (χ3n) is 3.70. The van der Waals surface area contributed by atoms with Crippen molar-refractivity contribution in [3.8, 4) is 5.75 Å². The van der Waals surface area contributed by atoms with Crippen LogP contribution in [0.1, 0.15) is 18.4 Å². The normalized spacial score (nSPS) is 16.8. The van der Waals surface area contributed by atoms with Gasteiger partial charge in [0.1, 0.15) is 24.3 Å². The van der Waals surface area contributed by atoms with Crippen LogP contribution in [0.5, 0.6) is 5.75 Å². The quantitative estimate of drug-likeness (QED) is 0.881. The molecule has 0 aromatic heterocycles. The van der Waals surface area contributed by atoms with Gasteiger partial charge >= 0.3 is 0 Å². The number of amides is 1. The van der Waals surface area contributed by atoms with Crippen LogP contribution >= 0.6 is 11.6 Å². The Balaban J connectivity index is 1.60. The number of hydrogen-bond donors (Lipinski definition) is 1. The van der Waals surface area contributed by atoms with Crippen molar-refractivity contribution < 1.29 is 18.7 Å². The van der Waals surface area contributed by atoms with Gasteiger partial charge in [-0.3, -0.25) is 4.79 Å². The van der Waals surface area contributed by atoms with Crippen LogP contribution in [0.15, 0.2) is 42.5 Å². The standard InChI is InChI=1S/C18H17ClFNO3/c19-15-10-14(21-18(22)17-5-2-8-23-17)6-7-16(15)24-11-12-3-1-4-13(20)9-12/h1,3-4,6-7,9-10,17H,2,5,8,11H2,(H,21,22). The van der Waals surface area contributed by atoms with Crippen LogP contribution in [0, 0.1) is 5.82 Å². The van der Waals surface area contributed by atoms with Crippen molar-refractivity contribution in [2.24, 2.45) is 0 Å². The molecule has 1 atom stereocenters. The fraction of sp³-hybridized carbons (Fsp3) is 0.278. The maximum atomic E-state index is 13.1. The highest BCUT2D eigenvalue weighted by Crippen LogP contribution is 2.29. The van der Waals surface area contributed by atoms with Gasteiger partial charge in [0.25, 0.3) is 5.91 Å². The van der Waals surface area contributed by atoms with E-state index in [0.717, 1.165) is 12.8 Å². The number of carbonyl (C=O) groups excluding carboxylic acids is 1. The summed E-state index contributed by atoms with van der Waals surface area (Å²) in [6.45, 7) is 0.824. The molecule has 4 nitrogen and oxygen atoms in total. The average molecular weight is 350 g/mol. The number of carbonyl (C=O) groups is 1. The molecule has 2 aromatic rings. The largest absolute Gasteiger partial charge is 0.487 e. The molecule has 0 saturated carbocycles. The van der Waals surface area contributed by atoms with Gasteiger partial charge in [0.05, 0.1) is 5.02 Å². The lowest BCUT2D eigenvalue weighted by Gasteiger charge is -2.12. The molecular formula is C18H17ClFNO3. The molecule has 3 rings (SSSR count). The second-order valence-electron chi connectivity index (χ2n) is 5.55. The van der Waals surface area contributed by atoms with Gasteiger partial charge in [-0.1, -0.05) is 23.7 Å². The zero-order valence-electron chi connectivity index (χ0n) is 12.9. The van der Waals surface area contributed by atoms with Crippen LogP contribution in [-0.4, -0.2) is 18.6 Å². The molecule has 126 valence electrons. The van der Waals surface area contributed by atoms with Crippen LogP contribution in [0.4, 0.5) is 10.1 Å². The van der Waals surface area contributed by atoms with Gasteiger partial charge in [-0.25, -0.2) is 4.39 Å². The topological polar surface area (TPSA) is 47.6 Å². The Morgan fingerprint density at radius 1 is 1.33 bits per heavy atom. The predicted molar refractivity (Wildman–Crippen MR) is 89.8 cm³/mol. The van der Waals surface area contributed by atoms with E-state index in [4.69, 9.17) is 21.1 Å². The average Bonchev–Trinajstić information content (AvgIpc) is 3.09. The lowest BCUT2D eigenvalue weighted by molar-refractivity contribution is -0.124. The maximum Gasteiger partial charge on any atom is 0.253 e. The van der Waals surface area contributed by atoms with Crippen LogP contribution in [0.2, 0.25) is 5.02 Å². The third-order valence-corrected chi connectivity index (χ3v) is 4.00. The first-order chi connectivity index (χ1) is 11.6. The Morgan fingerprint density at radius 3 is 2.92 bits per heavy atom. The summed E-state index contributed by atoms with van der Waals surface area (Å²) in [5.74, 6) is -0.0116. The zero-order valence-corrected chi connectivity index (χ0v) is 13.7. The molecule has 1 aliphatic heterocycles. The molecule has 0 radical (unpaired) electrons. The van der Waals surface area contributed by atoms with E-state index in [1.807, 2.05) is 0 Å². The van der Waals surface area contributed by atoms with Crippen molar-refractivity contribution >= 4 is 23.2 Å². The van der Waals surface area contributed by atoms with Crippen LogP contribution in [0.25, 0.3) is 0 Å². The van der Waals surface area contributed by atoms with Gasteiger partial charge in [-0.05, 0) is 48.7 Å². The van der Waals surface area contributed by atoms with E-state index >= 15 is 0 Å². The second kappa shape index (κ2) is 7.64. The predicted octanol–water partition coefficient (Wildman–Crippen LogP) is 4.18. The molecule has 1 aliphatic rings. The molecule has 0 bridgehead atoms. The van der Waals surface area contributed by atoms with Crippen LogP contribution < -0.4 is 10.1 Å². The minimum atomic E-state index is -0.396. The number of rotatable bonds is 5. The van der Waals surface area contributed by atoms with E-state index in [-0.39, 0.29) is 18.3 Å². The van der Waals surface area contributed by atoms with Crippen molar-refractivity contribution in [2.45, 2.75) is 25.6 Å². The fourth-order valence-electron chi connectivity index (χ4n) is 2.49. The van der Waals surface area contributed by atoms with Crippen molar-refractivity contribution in [3.05, 3.63) is 58.9 Å². The lowest BCUT2D eigenvalue weighted by Crippen LogP contribution is -2.26. The smallest absolute Gasteiger partial charge is 0.253 e. The zero-order chi connectivity index (χ0) is 16.9. The number of hydrogen-bond acceptors (Lipinski definition) is 3. The summed E-state index contributed by atoms with van der Waals surface area (Å²) in [6, 6.07) is 11.2. The molecule has 1 unspecified atom stereocenters. The molecule has 1 amide bonds. The summed E-state index contributed by atoms with van der Waals surface area (Å²) in [5, 5.41) is 3.15. The number of anilines is 1. The monoisotopic (exact) mass is 349 g/mol. The van der Waals surface area contributed by atoms with Crippen molar-refractivity contribution in [2.75, 3.05) is 11.9 Å². The molecular weight excluding hydrogens is 333 g/mol. The highest BCUT2D eigenvalue weighted by molar-refractivity contribution is 6.32. The van der Waals surface area contributed by atoms with E-state index in [1.54, 1.807) is 30.3 Å². The molecule has 1 N–H and O–H groups in total. The van der Waals surface area contributed by atoms with Crippen molar-refractivity contribution in [3.63, 3.8) is 0 Å². The minimum Gasteiger partial charge on any atom is -0.487 e. The number of ether oxygens (including phenoxy) is 2. The Bertz CT molecular complexity index is 732. The van der Waals surface area contributed by atoms with Crippen molar-refractivity contribution in [1.29, 1.82) is 0 Å². The molecule has 2 aromatic carbocycles. The van der Waals surface area contributed by atoms with E-state index in [0.29, 0.717) is 28.6 Å². The molecule has 1 saturated heterocycles. The molecule has 0 spiro atoms. The number of nitrogens with one attached hydrogen (secondary N) is 1. The Kier molecular flexibility index (Phi) is 5.33. The van der Waals surface area contributed by atoms with Gasteiger partial charge in [0.15, 0.2) is 0 Å². The minimum absolute atomic E-state index is 0.169. The molecule has 1 heterocycles. The number of halogens is 2. The van der Waals surface area contributed by atoms with Crippen LogP contribution in [0.3, 0.4) is 0 Å². The van der Waals surface area contributed by atoms with Crippen molar-refractivity contribution in [1.82, 2.24) is 0 Å². The Morgan fingerprint density at radius 2 is 2.21 bits per heavy atom. The SMILES string of the molecule is O=C(Nc1ccc(OCc2cccc(F)c2)c(Cl)c1)C1CCCO1. The van der Waals surface area contributed by atoms with Crippen LogP contribution in [-0.2, 0) is 16.1 Å². The second-order valence-corrected chi connectivity index (χ2v) is 5.96. The lowest BCUT2D eigenvalue weighted by atomic mass is 10.2. The van der Waals surface area contributed by atoms with Gasteiger partial charge in [-0.2, -0.15) is 0 Å². The molecule has 1 fully saturated rings. The summed E-state index contributed by atoms with van der Waals surface area (Å²) in [7, 11) is 0. The van der Waals surface area contributed by atoms with Gasteiger partial charge < -0.3 is 14.8 Å². The molecule has 6 heteroatoms. The highest BCUT2D eigenvalue weighted by atomic mass is 35.5. The van der Waals surface area contributed by atoms with Gasteiger partial charge in [-0.15, -0.1) is 0 Å². The first-order valence-electron chi connectivity index (χ1n) is 7.71. The summed E-state index contributed by atoms with van der Waals surface area (Å²) in [4.78, 5) is 12.0. The van der Waals surface area contributed by atoms with Gasteiger partial charge in [0.2, 0.25) is 0 Å². The Labute approximate surface area is 144 Å². The highest BCUT2D eigenvalue weighted by Gasteiger charge is 2.23. The van der Waals surface area contributed by atoms with E-state index in [9.17, 15) is 9.18 Å². The number of benzene rings is 2. The van der Waals surface area contributed by atoms with E-state index in [1.165, 1.54) is 12.1 Å². The van der Waals surface area contributed by atoms with E-state index in [2.05, 4.69) is 5.32 Å². The fourth-order valence-corrected chi connectivity index (χ4v) is 2.73. The summed E-state index contributed by atoms with van der Waals surface area (Å²) in [5.41, 5.74) is 1.29. The summed E-state index contributed by atoms with van der Waals surface area (Å²) < 4.78 is 24.1. The summed E-state index contributed by atoms with van der Waals surface area (Å²) in [6.07, 6.45) is 1.23. The summed E-state index contributed by atoms with van der Waals surface area (Å²) >= 11 is 6.19. The first kappa shape index (κ1) is 16.7. The van der Waals surface area contributed by atoms with E-state index < -0.39 is 6.10 Å². The van der Waals surface area contributed by atoms with Gasteiger partial charge in [0, 0.05) is 12.3 Å².